The second-order valence-corrected chi connectivity index (χ2v) is 10.1. The predicted octanol–water partition coefficient (Wildman–Crippen LogP) is 3.83. The van der Waals surface area contributed by atoms with Gasteiger partial charge in [0.2, 0.25) is 21.7 Å². The maximum atomic E-state index is 11.7. The molecule has 0 spiro atoms. The quantitative estimate of drug-likeness (QED) is 0.403. The number of aromatic nitrogens is 2. The largest absolute Gasteiger partial charge is 0.493 e. The van der Waals surface area contributed by atoms with E-state index in [9.17, 15) is 8.42 Å². The topological polar surface area (TPSA) is 124 Å². The molecule has 0 amide bonds. The van der Waals surface area contributed by atoms with Gasteiger partial charge in [0.1, 0.15) is 5.82 Å². The van der Waals surface area contributed by atoms with Gasteiger partial charge >= 0.3 is 0 Å². The van der Waals surface area contributed by atoms with E-state index in [0.29, 0.717) is 34.7 Å². The molecular weight excluding hydrogens is 470 g/mol. The molecule has 1 aromatic heterocycles. The molecular formula is C24H29N5O5S. The molecule has 0 aliphatic heterocycles. The summed E-state index contributed by atoms with van der Waals surface area (Å²) in [5, 5.41) is 6.52. The Morgan fingerprint density at radius 1 is 0.971 bits per heavy atom. The zero-order valence-electron chi connectivity index (χ0n) is 20.3. The van der Waals surface area contributed by atoms with Crippen LogP contribution in [0.3, 0.4) is 0 Å². The maximum absolute atomic E-state index is 11.7. The Labute approximate surface area is 205 Å². The molecule has 0 bridgehead atoms. The van der Waals surface area contributed by atoms with Gasteiger partial charge in [0, 0.05) is 41.3 Å². The van der Waals surface area contributed by atoms with E-state index in [2.05, 4.69) is 25.3 Å². The molecule has 1 aliphatic rings. The third-order valence-electron chi connectivity index (χ3n) is 5.74. The fourth-order valence-electron chi connectivity index (χ4n) is 4.11. The molecule has 35 heavy (non-hydrogen) atoms. The van der Waals surface area contributed by atoms with Crippen molar-refractivity contribution in [3.63, 3.8) is 0 Å². The normalized spacial score (nSPS) is 14.8. The van der Waals surface area contributed by atoms with Crippen LogP contribution in [0.25, 0.3) is 0 Å². The van der Waals surface area contributed by atoms with Gasteiger partial charge in [-0.25, -0.2) is 18.1 Å². The van der Waals surface area contributed by atoms with Crippen molar-refractivity contribution in [1.82, 2.24) is 14.7 Å². The van der Waals surface area contributed by atoms with Crippen LogP contribution in [-0.2, 0) is 16.4 Å². The van der Waals surface area contributed by atoms with E-state index in [1.54, 1.807) is 39.7 Å². The molecule has 2 aromatic carbocycles. The van der Waals surface area contributed by atoms with Gasteiger partial charge in [-0.15, -0.1) is 0 Å². The van der Waals surface area contributed by atoms with E-state index in [0.717, 1.165) is 35.2 Å². The number of sulfonamides is 1. The highest BCUT2D eigenvalue weighted by molar-refractivity contribution is 7.88. The minimum Gasteiger partial charge on any atom is -0.493 e. The number of methoxy groups -OCH3 is 3. The van der Waals surface area contributed by atoms with Crippen LogP contribution in [-0.4, -0.2) is 46.0 Å². The lowest BCUT2D eigenvalue weighted by Crippen LogP contribution is -2.25. The summed E-state index contributed by atoms with van der Waals surface area (Å²) in [4.78, 5) is 9.02. The minimum absolute atomic E-state index is 0.231. The van der Waals surface area contributed by atoms with E-state index in [4.69, 9.17) is 14.2 Å². The SMILES string of the molecule is COc1cc(Nc2ncc(C)c(Nc3ccc4c(c3)C(NS(C)(=O)=O)CC4)n2)cc(OC)c1OC. The van der Waals surface area contributed by atoms with Crippen LogP contribution in [0.4, 0.5) is 23.1 Å². The van der Waals surface area contributed by atoms with Gasteiger partial charge in [-0.3, -0.25) is 0 Å². The number of fused-ring (bicyclic) bond motifs is 1. The van der Waals surface area contributed by atoms with Crippen molar-refractivity contribution in [2.75, 3.05) is 38.2 Å². The molecule has 1 heterocycles. The molecule has 10 nitrogen and oxygen atoms in total. The molecule has 0 saturated heterocycles. The number of nitrogens with zero attached hydrogens (tertiary/aromatic N) is 2. The van der Waals surface area contributed by atoms with E-state index < -0.39 is 10.0 Å². The number of anilines is 4. The number of benzene rings is 2. The van der Waals surface area contributed by atoms with Gasteiger partial charge in [0.05, 0.1) is 27.6 Å². The lowest BCUT2D eigenvalue weighted by molar-refractivity contribution is 0.324. The van der Waals surface area contributed by atoms with Crippen molar-refractivity contribution in [3.8, 4) is 17.2 Å². The average Bonchev–Trinajstić information content (AvgIpc) is 3.20. The van der Waals surface area contributed by atoms with E-state index in [-0.39, 0.29) is 6.04 Å². The lowest BCUT2D eigenvalue weighted by Gasteiger charge is -2.16. The number of aryl methyl sites for hydroxylation is 2. The van der Waals surface area contributed by atoms with Crippen molar-refractivity contribution in [1.29, 1.82) is 0 Å². The summed E-state index contributed by atoms with van der Waals surface area (Å²) in [6.45, 7) is 1.91. The molecule has 0 saturated carbocycles. The molecule has 1 unspecified atom stereocenters. The van der Waals surface area contributed by atoms with Crippen molar-refractivity contribution in [3.05, 3.63) is 53.2 Å². The fourth-order valence-corrected chi connectivity index (χ4v) is 4.87. The van der Waals surface area contributed by atoms with E-state index >= 15 is 0 Å². The number of rotatable bonds is 9. The first-order valence-corrected chi connectivity index (χ1v) is 12.9. The number of ether oxygens (including phenoxy) is 3. The fraction of sp³-hybridized carbons (Fsp3) is 0.333. The standard InChI is InChI=1S/C24H29N5O5S/c1-14-13-25-24(27-17-11-20(32-2)22(34-4)21(12-17)33-3)28-23(14)26-16-8-6-15-7-9-19(18(15)10-16)29-35(5,30)31/h6,8,10-13,19,29H,7,9H2,1-5H3,(H2,25,26,27,28). The summed E-state index contributed by atoms with van der Waals surface area (Å²) in [7, 11) is 1.35. The van der Waals surface area contributed by atoms with Gasteiger partial charge in [-0.05, 0) is 43.0 Å². The molecule has 0 radical (unpaired) electrons. The van der Waals surface area contributed by atoms with Crippen molar-refractivity contribution in [2.45, 2.75) is 25.8 Å². The monoisotopic (exact) mass is 499 g/mol. The molecule has 186 valence electrons. The van der Waals surface area contributed by atoms with Crippen molar-refractivity contribution >= 4 is 33.2 Å². The van der Waals surface area contributed by atoms with Crippen molar-refractivity contribution in [2.24, 2.45) is 0 Å². The summed E-state index contributed by atoms with van der Waals surface area (Å²) >= 11 is 0. The van der Waals surface area contributed by atoms with Crippen LogP contribution in [0.2, 0.25) is 0 Å². The molecule has 3 N–H and O–H groups in total. The molecule has 1 atom stereocenters. The summed E-state index contributed by atoms with van der Waals surface area (Å²) in [6, 6.07) is 9.27. The van der Waals surface area contributed by atoms with Crippen LogP contribution in [0.1, 0.15) is 29.2 Å². The Kier molecular flexibility index (Phi) is 6.99. The van der Waals surface area contributed by atoms with Crippen LogP contribution in [0.15, 0.2) is 36.5 Å². The van der Waals surface area contributed by atoms with Gasteiger partial charge in [0.25, 0.3) is 0 Å². The Morgan fingerprint density at radius 2 is 1.69 bits per heavy atom. The maximum Gasteiger partial charge on any atom is 0.229 e. The first-order valence-electron chi connectivity index (χ1n) is 11.0. The highest BCUT2D eigenvalue weighted by Gasteiger charge is 2.25. The summed E-state index contributed by atoms with van der Waals surface area (Å²) < 4.78 is 42.4. The predicted molar refractivity (Wildman–Crippen MR) is 135 cm³/mol. The van der Waals surface area contributed by atoms with Crippen LogP contribution >= 0.6 is 0 Å². The summed E-state index contributed by atoms with van der Waals surface area (Å²) in [5.41, 5.74) is 4.45. The number of hydrogen-bond donors (Lipinski definition) is 3. The summed E-state index contributed by atoms with van der Waals surface area (Å²) in [6.07, 6.45) is 4.47. The third-order valence-corrected chi connectivity index (χ3v) is 6.45. The van der Waals surface area contributed by atoms with E-state index in [1.807, 2.05) is 25.1 Å². The van der Waals surface area contributed by atoms with Crippen LogP contribution in [0.5, 0.6) is 17.2 Å². The Bertz CT molecular complexity index is 1320. The second kappa shape index (κ2) is 9.96. The van der Waals surface area contributed by atoms with E-state index in [1.165, 1.54) is 6.26 Å². The Morgan fingerprint density at radius 3 is 2.31 bits per heavy atom. The highest BCUT2D eigenvalue weighted by atomic mass is 32.2. The van der Waals surface area contributed by atoms with Crippen LogP contribution in [0, 0.1) is 6.92 Å². The number of nitrogens with one attached hydrogen (secondary N) is 3. The smallest absolute Gasteiger partial charge is 0.229 e. The minimum atomic E-state index is -3.30. The van der Waals surface area contributed by atoms with Gasteiger partial charge in [0.15, 0.2) is 11.5 Å². The third kappa shape index (κ3) is 5.57. The van der Waals surface area contributed by atoms with Gasteiger partial charge < -0.3 is 24.8 Å². The molecule has 3 aromatic rings. The second-order valence-electron chi connectivity index (χ2n) is 8.28. The zero-order chi connectivity index (χ0) is 25.2. The Hall–Kier alpha value is -3.57. The molecule has 1 aliphatic carbocycles. The zero-order valence-corrected chi connectivity index (χ0v) is 21.1. The van der Waals surface area contributed by atoms with Crippen molar-refractivity contribution < 1.29 is 22.6 Å². The van der Waals surface area contributed by atoms with Gasteiger partial charge in [-0.2, -0.15) is 4.98 Å². The first kappa shape index (κ1) is 24.6. The molecule has 4 rings (SSSR count). The highest BCUT2D eigenvalue weighted by Crippen LogP contribution is 2.40. The average molecular weight is 500 g/mol. The van der Waals surface area contributed by atoms with Gasteiger partial charge in [-0.1, -0.05) is 6.07 Å². The number of hydrogen-bond acceptors (Lipinski definition) is 9. The molecule has 0 fully saturated rings. The lowest BCUT2D eigenvalue weighted by atomic mass is 10.1. The van der Waals surface area contributed by atoms with Crippen LogP contribution < -0.4 is 29.6 Å². The summed E-state index contributed by atoms with van der Waals surface area (Å²) in [5.74, 6) is 2.52. The Balaban J connectivity index is 1.58. The molecule has 11 heteroatoms. The first-order chi connectivity index (χ1) is 16.7.